The number of carbonyl (C=O) groups is 4. The van der Waals surface area contributed by atoms with Gasteiger partial charge in [0.25, 0.3) is 5.72 Å². The van der Waals surface area contributed by atoms with E-state index in [0.29, 0.717) is 18.4 Å². The van der Waals surface area contributed by atoms with E-state index in [1.807, 2.05) is 34.6 Å². The molecule has 0 aliphatic rings. The lowest BCUT2D eigenvalue weighted by molar-refractivity contribution is -0.187. The molecule has 0 saturated heterocycles. The van der Waals surface area contributed by atoms with Crippen LogP contribution in [-0.2, 0) is 30.2 Å². The molecule has 0 aliphatic heterocycles. The summed E-state index contributed by atoms with van der Waals surface area (Å²) >= 11 is 0. The summed E-state index contributed by atoms with van der Waals surface area (Å²) in [6.07, 6.45) is -1.32. The summed E-state index contributed by atoms with van der Waals surface area (Å²) in [5, 5.41) is 13.1. The molecule has 0 radical (unpaired) electrons. The van der Waals surface area contributed by atoms with Gasteiger partial charge in [0.15, 0.2) is 11.5 Å². The second-order valence-electron chi connectivity index (χ2n) is 10.4. The standard InChI is InChI=1S/C28H43NO10/c1-9-19(7)24(30)39-28(25(31)32,29-20(8)10-2)14-21-11-12-22(37-26(33)35-15-17(3)4)23(13-21)38-27(34)36-16-18(5)6/h11-13,17-20,29H,9-10,14-16H2,1-8H3,(H,31,32)/t19?,20?,28-/m0/s1. The summed E-state index contributed by atoms with van der Waals surface area (Å²) in [5.74, 6) is -2.80. The molecule has 0 saturated carbocycles. The molecule has 1 aromatic rings. The van der Waals surface area contributed by atoms with Gasteiger partial charge in [-0.05, 0) is 49.3 Å². The van der Waals surface area contributed by atoms with E-state index in [1.165, 1.54) is 18.2 Å². The van der Waals surface area contributed by atoms with Crippen LogP contribution in [0.3, 0.4) is 0 Å². The monoisotopic (exact) mass is 553 g/mol. The van der Waals surface area contributed by atoms with E-state index in [2.05, 4.69) is 5.32 Å². The largest absolute Gasteiger partial charge is 0.513 e. The molecule has 0 bridgehead atoms. The summed E-state index contributed by atoms with van der Waals surface area (Å²) in [4.78, 5) is 49.7. The molecule has 39 heavy (non-hydrogen) atoms. The van der Waals surface area contributed by atoms with Crippen LogP contribution in [-0.4, -0.2) is 54.3 Å². The Kier molecular flexibility index (Phi) is 13.8. The van der Waals surface area contributed by atoms with E-state index < -0.39 is 35.9 Å². The van der Waals surface area contributed by atoms with E-state index in [0.717, 1.165) is 0 Å². The zero-order valence-corrected chi connectivity index (χ0v) is 24.2. The Morgan fingerprint density at radius 1 is 0.846 bits per heavy atom. The molecule has 1 aromatic carbocycles. The molecule has 0 spiro atoms. The first-order valence-corrected chi connectivity index (χ1v) is 13.3. The van der Waals surface area contributed by atoms with Crippen LogP contribution in [0, 0.1) is 17.8 Å². The second kappa shape index (κ2) is 15.9. The third-order valence-electron chi connectivity index (χ3n) is 5.64. The Morgan fingerprint density at radius 3 is 1.85 bits per heavy atom. The van der Waals surface area contributed by atoms with Crippen molar-refractivity contribution < 1.29 is 48.0 Å². The first-order valence-electron chi connectivity index (χ1n) is 13.3. The van der Waals surface area contributed by atoms with E-state index >= 15 is 0 Å². The van der Waals surface area contributed by atoms with Crippen molar-refractivity contribution in [2.24, 2.45) is 17.8 Å². The zero-order chi connectivity index (χ0) is 29.8. The Morgan fingerprint density at radius 2 is 1.38 bits per heavy atom. The number of carbonyl (C=O) groups excluding carboxylic acids is 3. The molecule has 0 fully saturated rings. The minimum Gasteiger partial charge on any atom is -0.477 e. The number of aliphatic carboxylic acids is 1. The smallest absolute Gasteiger partial charge is 0.477 e. The van der Waals surface area contributed by atoms with Gasteiger partial charge in [0, 0.05) is 12.5 Å². The average Bonchev–Trinajstić information content (AvgIpc) is 2.86. The molecule has 1 rings (SSSR count). The first kappa shape index (κ1) is 33.7. The highest BCUT2D eigenvalue weighted by Crippen LogP contribution is 2.32. The molecular formula is C28H43NO10. The van der Waals surface area contributed by atoms with Crippen LogP contribution >= 0.6 is 0 Å². The van der Waals surface area contributed by atoms with Crippen LogP contribution in [0.4, 0.5) is 9.59 Å². The van der Waals surface area contributed by atoms with Crippen LogP contribution in [0.2, 0.25) is 0 Å². The van der Waals surface area contributed by atoms with E-state index in [1.54, 1.807) is 20.8 Å². The van der Waals surface area contributed by atoms with Crippen molar-refractivity contribution in [2.75, 3.05) is 13.2 Å². The second-order valence-corrected chi connectivity index (χ2v) is 10.4. The number of nitrogens with one attached hydrogen (secondary N) is 1. The van der Waals surface area contributed by atoms with Gasteiger partial charge in [0.05, 0.1) is 19.1 Å². The summed E-state index contributed by atoms with van der Waals surface area (Å²) in [7, 11) is 0. The number of benzene rings is 1. The lowest BCUT2D eigenvalue weighted by Gasteiger charge is -2.34. The number of hydrogen-bond donors (Lipinski definition) is 2. The number of esters is 1. The summed E-state index contributed by atoms with van der Waals surface area (Å²) in [6, 6.07) is 3.83. The van der Waals surface area contributed by atoms with Gasteiger partial charge in [-0.25, -0.2) is 14.4 Å². The molecule has 2 unspecified atom stereocenters. The number of carboxylic acids is 1. The van der Waals surface area contributed by atoms with Gasteiger partial charge in [-0.15, -0.1) is 0 Å². The first-order chi connectivity index (χ1) is 18.2. The highest BCUT2D eigenvalue weighted by Gasteiger charge is 2.44. The number of ether oxygens (including phenoxy) is 5. The van der Waals surface area contributed by atoms with Crippen molar-refractivity contribution in [3.05, 3.63) is 23.8 Å². The van der Waals surface area contributed by atoms with Gasteiger partial charge in [0.2, 0.25) is 0 Å². The quantitative estimate of drug-likeness (QED) is 0.126. The summed E-state index contributed by atoms with van der Waals surface area (Å²) < 4.78 is 26.2. The summed E-state index contributed by atoms with van der Waals surface area (Å²) in [5.41, 5.74) is -1.79. The fraction of sp³-hybridized carbons (Fsp3) is 0.643. The highest BCUT2D eigenvalue weighted by molar-refractivity contribution is 5.83. The lowest BCUT2D eigenvalue weighted by Crippen LogP contribution is -2.60. The van der Waals surface area contributed by atoms with Gasteiger partial charge >= 0.3 is 24.2 Å². The SMILES string of the molecule is CCC(C)N[C@@](Cc1ccc(OC(=O)OCC(C)C)c(OC(=O)OCC(C)C)c1)(OC(=O)C(C)CC)C(=O)O. The highest BCUT2D eigenvalue weighted by atomic mass is 16.7. The van der Waals surface area contributed by atoms with Crippen molar-refractivity contribution in [1.82, 2.24) is 5.32 Å². The van der Waals surface area contributed by atoms with Gasteiger partial charge < -0.3 is 28.8 Å². The third-order valence-corrected chi connectivity index (χ3v) is 5.64. The van der Waals surface area contributed by atoms with Gasteiger partial charge in [0.1, 0.15) is 0 Å². The number of hydrogen-bond acceptors (Lipinski definition) is 10. The van der Waals surface area contributed by atoms with E-state index in [4.69, 9.17) is 23.7 Å². The zero-order valence-electron chi connectivity index (χ0n) is 24.2. The van der Waals surface area contributed by atoms with Crippen LogP contribution < -0.4 is 14.8 Å². The van der Waals surface area contributed by atoms with Crippen molar-refractivity contribution >= 4 is 24.2 Å². The predicted molar refractivity (Wildman–Crippen MR) is 143 cm³/mol. The topological polar surface area (TPSA) is 147 Å². The average molecular weight is 554 g/mol. The van der Waals surface area contributed by atoms with Crippen molar-refractivity contribution in [2.45, 2.75) is 86.4 Å². The normalized spacial score (nSPS) is 14.2. The van der Waals surface area contributed by atoms with Gasteiger partial charge in [-0.2, -0.15) is 0 Å². The Balaban J connectivity index is 3.43. The lowest BCUT2D eigenvalue weighted by atomic mass is 9.99. The number of rotatable bonds is 15. The van der Waals surface area contributed by atoms with Crippen LogP contribution in [0.5, 0.6) is 11.5 Å². The Labute approximate surface area is 230 Å². The maximum atomic E-state index is 12.7. The Hall–Kier alpha value is -3.34. The Bertz CT molecular complexity index is 977. The van der Waals surface area contributed by atoms with Crippen LogP contribution in [0.15, 0.2) is 18.2 Å². The molecule has 0 aliphatic carbocycles. The van der Waals surface area contributed by atoms with Crippen LogP contribution in [0.25, 0.3) is 0 Å². The van der Waals surface area contributed by atoms with Gasteiger partial charge in [-0.3, -0.25) is 10.1 Å². The molecule has 3 atom stereocenters. The summed E-state index contributed by atoms with van der Waals surface area (Å²) in [6.45, 7) is 14.7. The predicted octanol–water partition coefficient (Wildman–Crippen LogP) is 5.33. The maximum absolute atomic E-state index is 12.7. The molecule has 0 heterocycles. The third kappa shape index (κ3) is 11.5. The van der Waals surface area contributed by atoms with Crippen molar-refractivity contribution in [3.8, 4) is 11.5 Å². The fourth-order valence-electron chi connectivity index (χ4n) is 3.06. The fourth-order valence-corrected chi connectivity index (χ4v) is 3.06. The van der Waals surface area contributed by atoms with Gasteiger partial charge in [-0.1, -0.05) is 54.5 Å². The molecule has 0 amide bonds. The molecule has 11 heteroatoms. The van der Waals surface area contributed by atoms with Crippen molar-refractivity contribution in [1.29, 1.82) is 0 Å². The minimum atomic E-state index is -2.11. The molecule has 2 N–H and O–H groups in total. The molecule has 0 aromatic heterocycles. The maximum Gasteiger partial charge on any atom is 0.513 e. The molecule has 11 nitrogen and oxygen atoms in total. The van der Waals surface area contributed by atoms with E-state index in [-0.39, 0.29) is 49.0 Å². The number of carboxylic acid groups (broad SMARTS) is 1. The van der Waals surface area contributed by atoms with Crippen LogP contribution in [0.1, 0.15) is 73.8 Å². The molecular weight excluding hydrogens is 510 g/mol. The molecule has 220 valence electrons. The minimum absolute atomic E-state index is 0.0497. The van der Waals surface area contributed by atoms with Crippen molar-refractivity contribution in [3.63, 3.8) is 0 Å². The van der Waals surface area contributed by atoms with E-state index in [9.17, 15) is 24.3 Å².